The van der Waals surface area contributed by atoms with E-state index in [2.05, 4.69) is 20.8 Å². The highest BCUT2D eigenvalue weighted by Crippen LogP contribution is 2.69. The molecule has 0 amide bonds. The molecule has 0 saturated heterocycles. The molecule has 4 fully saturated rings. The molecule has 7 rings (SSSR count). The van der Waals surface area contributed by atoms with Crippen LogP contribution < -0.4 is 4.74 Å². The van der Waals surface area contributed by atoms with Gasteiger partial charge in [-0.3, -0.25) is 14.2 Å². The number of aliphatic hydroxyl groups excluding tert-OH is 1. The topological polar surface area (TPSA) is 123 Å². The van der Waals surface area contributed by atoms with E-state index >= 15 is 0 Å². The Labute approximate surface area is 294 Å². The molecule has 5 aliphatic rings. The van der Waals surface area contributed by atoms with E-state index in [4.69, 9.17) is 13.8 Å². The summed E-state index contributed by atoms with van der Waals surface area (Å²) in [6.45, 7) is 7.04. The van der Waals surface area contributed by atoms with Crippen molar-refractivity contribution in [1.82, 2.24) is 0 Å². The summed E-state index contributed by atoms with van der Waals surface area (Å²) in [7, 11) is -2.91. The fourth-order valence-corrected chi connectivity index (χ4v) is 13.4. The summed E-state index contributed by atoms with van der Waals surface area (Å²) < 4.78 is 31.3. The van der Waals surface area contributed by atoms with Crippen molar-refractivity contribution in [3.8, 4) is 5.75 Å². The summed E-state index contributed by atoms with van der Waals surface area (Å²) in [6.07, 6.45) is 9.07. The largest absolute Gasteiger partial charge is 0.527 e. The summed E-state index contributed by atoms with van der Waals surface area (Å²) in [5, 5.41) is 21.1. The third-order valence-corrected chi connectivity index (χ3v) is 15.8. The summed E-state index contributed by atoms with van der Waals surface area (Å²) in [4.78, 5) is 24.3. The maximum Gasteiger partial charge on any atom is 0.527 e. The van der Waals surface area contributed by atoms with Gasteiger partial charge in [-0.05, 0) is 134 Å². The number of phosphoric acid groups is 1. The zero-order valence-corrected chi connectivity index (χ0v) is 30.8. The van der Waals surface area contributed by atoms with Gasteiger partial charge in [0.15, 0.2) is 0 Å². The van der Waals surface area contributed by atoms with E-state index in [0.717, 1.165) is 47.5 Å². The molecule has 10 heteroatoms. The fraction of sp³-hybridized carbons (Fsp3) is 0.615. The van der Waals surface area contributed by atoms with E-state index in [1.807, 2.05) is 42.5 Å². The van der Waals surface area contributed by atoms with Crippen molar-refractivity contribution in [2.24, 2.45) is 46.3 Å². The average Bonchev–Trinajstić information content (AvgIpc) is 3.33. The zero-order valence-electron chi connectivity index (χ0n) is 29.0. The molecule has 11 atom stereocenters. The number of methoxy groups -OCH3 is 1. The second-order valence-corrected chi connectivity index (χ2v) is 18.4. The molecule has 1 aliphatic heterocycles. The quantitative estimate of drug-likeness (QED) is 0.219. The number of carbonyl (C=O) groups is 1. The van der Waals surface area contributed by atoms with E-state index in [9.17, 15) is 24.5 Å². The summed E-state index contributed by atoms with van der Waals surface area (Å²) in [5.74, 6) is 2.30. The Morgan fingerprint density at radius 3 is 2.55 bits per heavy atom. The van der Waals surface area contributed by atoms with Gasteiger partial charge in [0.05, 0.1) is 24.2 Å². The molecule has 0 bridgehead atoms. The molecule has 2 aromatic carbocycles. The van der Waals surface area contributed by atoms with Crippen LogP contribution in [0.5, 0.6) is 5.75 Å². The van der Waals surface area contributed by atoms with Crippen LogP contribution in [0, 0.1) is 46.3 Å². The number of aliphatic carboxylic acids is 1. The second-order valence-electron chi connectivity index (χ2n) is 16.0. The lowest BCUT2D eigenvalue weighted by Crippen LogP contribution is -2.58. The van der Waals surface area contributed by atoms with Crippen LogP contribution in [0.25, 0.3) is 11.8 Å². The third kappa shape index (κ3) is 6.41. The monoisotopic (exact) mass is 710 g/mol. The van der Waals surface area contributed by atoms with Gasteiger partial charge in [-0.25, -0.2) is 4.57 Å². The minimum atomic E-state index is -4.52. The van der Waals surface area contributed by atoms with Crippen LogP contribution in [0.3, 0.4) is 0 Å². The van der Waals surface area contributed by atoms with Crippen LogP contribution in [0.4, 0.5) is 0 Å². The number of fused-ring (bicyclic) bond motifs is 7. The first-order valence-electron chi connectivity index (χ1n) is 18.1. The molecule has 4 saturated carbocycles. The van der Waals surface area contributed by atoms with Gasteiger partial charge in [0.2, 0.25) is 0 Å². The van der Waals surface area contributed by atoms with E-state index in [1.165, 1.54) is 11.8 Å². The lowest BCUT2D eigenvalue weighted by molar-refractivity contribution is -0.173. The Hall–Kier alpha value is -2.29. The minimum absolute atomic E-state index is 0.0264. The van der Waals surface area contributed by atoms with Crippen LogP contribution in [0.1, 0.15) is 96.1 Å². The molecule has 0 radical (unpaired) electrons. The number of aliphatic hydroxyl groups is 1. The van der Waals surface area contributed by atoms with Crippen molar-refractivity contribution in [3.63, 3.8) is 0 Å². The van der Waals surface area contributed by atoms with Crippen molar-refractivity contribution < 1.29 is 38.3 Å². The number of phosphoric ester groups is 1. The van der Waals surface area contributed by atoms with Gasteiger partial charge in [-0.2, -0.15) is 0 Å². The average molecular weight is 711 g/mol. The molecule has 1 heterocycles. The Kier molecular flexibility index (Phi) is 9.58. The first kappa shape index (κ1) is 35.1. The lowest BCUT2D eigenvalue weighted by atomic mass is 9.43. The van der Waals surface area contributed by atoms with Gasteiger partial charge in [0.25, 0.3) is 0 Å². The number of rotatable bonds is 9. The van der Waals surface area contributed by atoms with Crippen molar-refractivity contribution in [2.45, 2.75) is 107 Å². The van der Waals surface area contributed by atoms with E-state index < -0.39 is 26.0 Å². The van der Waals surface area contributed by atoms with Crippen molar-refractivity contribution in [2.75, 3.05) is 7.11 Å². The highest BCUT2D eigenvalue weighted by atomic mass is 32.2. The molecule has 3 N–H and O–H groups in total. The molecule has 2 unspecified atom stereocenters. The van der Waals surface area contributed by atoms with Crippen molar-refractivity contribution in [1.29, 1.82) is 0 Å². The van der Waals surface area contributed by atoms with Crippen LogP contribution in [0.15, 0.2) is 52.3 Å². The number of hydrogen-bond donors (Lipinski definition) is 3. The van der Waals surface area contributed by atoms with Gasteiger partial charge >= 0.3 is 13.8 Å². The second kappa shape index (κ2) is 13.4. The van der Waals surface area contributed by atoms with Gasteiger partial charge < -0.3 is 19.5 Å². The number of hydrogen-bond acceptors (Lipinski definition) is 7. The lowest BCUT2D eigenvalue weighted by Gasteiger charge is -2.62. The number of ether oxygens (including phenoxy) is 1. The minimum Gasteiger partial charge on any atom is -0.496 e. The summed E-state index contributed by atoms with van der Waals surface area (Å²) >= 11 is 1.54. The SMILES string of the molecule is COc1cccc2c1Sc1ccccc1C=C2OP(=O)(O)O[C@@H]1CC[C@@]2(C)C(C1)C[C@@H](O)[C@H]1[C@@H]3CC[C@H]([C@H](C)CCC(=O)O)[C@@]3(C)CC[C@@H]12. The van der Waals surface area contributed by atoms with Crippen LogP contribution in [0.2, 0.25) is 0 Å². The third-order valence-electron chi connectivity index (χ3n) is 13.6. The predicted octanol–water partition coefficient (Wildman–Crippen LogP) is 9.29. The molecule has 4 aliphatic carbocycles. The van der Waals surface area contributed by atoms with Crippen LogP contribution >= 0.6 is 19.6 Å². The van der Waals surface area contributed by atoms with Gasteiger partial charge in [0, 0.05) is 16.9 Å². The first-order valence-corrected chi connectivity index (χ1v) is 20.4. The molecule has 8 nitrogen and oxygen atoms in total. The predicted molar refractivity (Wildman–Crippen MR) is 190 cm³/mol. The standard InChI is InChI=1S/C39H51O8PS/c1-23(12-15-35(41)42)28-13-14-29-36-30(17-19-39(28,29)3)38(2)18-16-26(21-25(38)22-31(36)40)46-48(43,44)47-33-20-24-8-5-6-11-34(24)49-37-27(33)9-7-10-32(37)45-4/h5-11,20,23,25-26,28-31,36,40H,12-19,21-22H2,1-4H3,(H,41,42)(H,43,44)/t23-,25?,26-,28-,29+,30+,31-,36+,38+,39-/m1/s1. The normalized spacial score (nSPS) is 36.7. The van der Waals surface area contributed by atoms with Crippen LogP contribution in [-0.4, -0.2) is 40.4 Å². The molecule has 49 heavy (non-hydrogen) atoms. The first-order chi connectivity index (χ1) is 23.3. The Balaban J connectivity index is 1.06. The summed E-state index contributed by atoms with van der Waals surface area (Å²) in [5.41, 5.74) is 1.70. The van der Waals surface area contributed by atoms with Gasteiger partial charge in [-0.1, -0.05) is 56.8 Å². The highest BCUT2D eigenvalue weighted by molar-refractivity contribution is 7.99. The molecule has 266 valence electrons. The maximum atomic E-state index is 13.8. The fourth-order valence-electron chi connectivity index (χ4n) is 11.2. The Morgan fingerprint density at radius 2 is 1.78 bits per heavy atom. The number of carboxylic acids is 1. The van der Waals surface area contributed by atoms with Crippen molar-refractivity contribution >= 4 is 37.4 Å². The molecule has 2 aromatic rings. The Morgan fingerprint density at radius 1 is 1.02 bits per heavy atom. The number of benzene rings is 2. The molecular weight excluding hydrogens is 659 g/mol. The summed E-state index contributed by atoms with van der Waals surface area (Å²) in [6, 6.07) is 13.4. The zero-order chi connectivity index (χ0) is 34.7. The highest BCUT2D eigenvalue weighted by Gasteiger charge is 2.63. The van der Waals surface area contributed by atoms with E-state index in [1.54, 1.807) is 13.2 Å². The van der Waals surface area contributed by atoms with Crippen molar-refractivity contribution in [3.05, 3.63) is 53.6 Å². The molecular formula is C39H51O8PS. The van der Waals surface area contributed by atoms with E-state index in [-0.39, 0.29) is 34.8 Å². The Bertz CT molecular complexity index is 1660. The van der Waals surface area contributed by atoms with Crippen LogP contribution in [-0.2, 0) is 18.4 Å². The van der Waals surface area contributed by atoms with E-state index in [0.29, 0.717) is 60.7 Å². The molecule has 0 aromatic heterocycles. The smallest absolute Gasteiger partial charge is 0.496 e. The number of carboxylic acid groups (broad SMARTS) is 1. The maximum absolute atomic E-state index is 13.8. The molecule has 0 spiro atoms. The van der Waals surface area contributed by atoms with Gasteiger partial charge in [-0.15, -0.1) is 0 Å². The van der Waals surface area contributed by atoms with Gasteiger partial charge in [0.1, 0.15) is 11.5 Å².